The highest BCUT2D eigenvalue weighted by molar-refractivity contribution is 5.93. The van der Waals surface area contributed by atoms with Gasteiger partial charge in [-0.1, -0.05) is 27.7 Å². The second kappa shape index (κ2) is 5.82. The van der Waals surface area contributed by atoms with E-state index in [9.17, 15) is 4.79 Å². The number of nitrogens with zero attached hydrogens (tertiary/aromatic N) is 1. The van der Waals surface area contributed by atoms with Crippen molar-refractivity contribution in [1.82, 2.24) is 10.3 Å². The van der Waals surface area contributed by atoms with Crippen LogP contribution in [0.4, 0.5) is 5.69 Å². The Kier molecular flexibility index (Phi) is 4.67. The molecule has 0 saturated heterocycles. The Morgan fingerprint density at radius 3 is 2.72 bits per heavy atom. The van der Waals surface area contributed by atoms with Gasteiger partial charge in [0.1, 0.15) is 5.69 Å². The molecule has 5 nitrogen and oxygen atoms in total. The van der Waals surface area contributed by atoms with Gasteiger partial charge in [0.05, 0.1) is 5.69 Å². The minimum Gasteiger partial charge on any atom is -0.350 e. The highest BCUT2D eigenvalue weighted by Gasteiger charge is 2.23. The number of hydrazine groups is 1. The number of amides is 1. The molecule has 0 bridgehead atoms. The van der Waals surface area contributed by atoms with Crippen LogP contribution in [0.1, 0.15) is 38.2 Å². The maximum Gasteiger partial charge on any atom is 0.269 e. The molecule has 0 fully saturated rings. The van der Waals surface area contributed by atoms with E-state index in [1.54, 1.807) is 18.3 Å². The molecule has 0 aliphatic heterocycles. The summed E-state index contributed by atoms with van der Waals surface area (Å²) in [6.45, 7) is 9.16. The largest absolute Gasteiger partial charge is 0.350 e. The first-order valence-electron chi connectivity index (χ1n) is 6.07. The van der Waals surface area contributed by atoms with E-state index < -0.39 is 0 Å². The average Bonchev–Trinajstić information content (AvgIpc) is 2.36. The summed E-state index contributed by atoms with van der Waals surface area (Å²) >= 11 is 0. The summed E-state index contributed by atoms with van der Waals surface area (Å²) in [7, 11) is 0. The van der Waals surface area contributed by atoms with Crippen molar-refractivity contribution in [2.45, 2.75) is 27.7 Å². The Labute approximate surface area is 108 Å². The first-order valence-corrected chi connectivity index (χ1v) is 6.07. The Morgan fingerprint density at radius 2 is 2.17 bits per heavy atom. The molecule has 0 aliphatic carbocycles. The van der Waals surface area contributed by atoms with Crippen molar-refractivity contribution in [2.24, 2.45) is 17.2 Å². The van der Waals surface area contributed by atoms with Gasteiger partial charge in [-0.15, -0.1) is 0 Å². The summed E-state index contributed by atoms with van der Waals surface area (Å²) in [6.07, 6.45) is 1.55. The highest BCUT2D eigenvalue weighted by Crippen LogP contribution is 2.24. The van der Waals surface area contributed by atoms with Gasteiger partial charge in [0, 0.05) is 12.7 Å². The van der Waals surface area contributed by atoms with Crippen molar-refractivity contribution >= 4 is 11.6 Å². The minimum atomic E-state index is -0.180. The summed E-state index contributed by atoms with van der Waals surface area (Å²) in [6, 6.07) is 3.33. The number of hydrogen-bond acceptors (Lipinski definition) is 4. The van der Waals surface area contributed by atoms with Crippen LogP contribution in [0.5, 0.6) is 0 Å². The van der Waals surface area contributed by atoms with E-state index in [0.29, 0.717) is 23.8 Å². The van der Waals surface area contributed by atoms with Gasteiger partial charge in [-0.2, -0.15) is 0 Å². The van der Waals surface area contributed by atoms with E-state index in [1.807, 2.05) is 0 Å². The maximum atomic E-state index is 11.9. The molecule has 0 radical (unpaired) electrons. The molecule has 0 aromatic carbocycles. The van der Waals surface area contributed by atoms with Gasteiger partial charge in [0.15, 0.2) is 0 Å². The molecule has 1 rings (SSSR count). The number of aromatic nitrogens is 1. The van der Waals surface area contributed by atoms with Crippen molar-refractivity contribution in [3.63, 3.8) is 0 Å². The molecule has 1 aromatic heterocycles. The zero-order valence-electron chi connectivity index (χ0n) is 11.4. The number of anilines is 1. The van der Waals surface area contributed by atoms with Crippen LogP contribution in [0.15, 0.2) is 18.3 Å². The van der Waals surface area contributed by atoms with Crippen molar-refractivity contribution in [3.05, 3.63) is 24.0 Å². The fourth-order valence-electron chi connectivity index (χ4n) is 1.25. The standard InChI is InChI=1S/C13H22N4O/c1-9(2)13(3,4)8-16-12(18)11-7-10(17-14)5-6-15-11/h5-7,9H,8,14H2,1-4H3,(H,15,17)(H,16,18). The van der Waals surface area contributed by atoms with Crippen LogP contribution in [0.2, 0.25) is 0 Å². The van der Waals surface area contributed by atoms with E-state index in [2.05, 4.69) is 43.4 Å². The van der Waals surface area contributed by atoms with Crippen LogP contribution in [-0.4, -0.2) is 17.4 Å². The van der Waals surface area contributed by atoms with Gasteiger partial charge in [-0.05, 0) is 23.5 Å². The molecule has 0 atom stereocenters. The van der Waals surface area contributed by atoms with Crippen LogP contribution in [0.3, 0.4) is 0 Å². The van der Waals surface area contributed by atoms with Crippen LogP contribution in [-0.2, 0) is 0 Å². The van der Waals surface area contributed by atoms with E-state index in [1.165, 1.54) is 0 Å². The third-order valence-electron chi connectivity index (χ3n) is 3.43. The lowest BCUT2D eigenvalue weighted by molar-refractivity contribution is 0.0920. The Bertz CT molecular complexity index is 415. The lowest BCUT2D eigenvalue weighted by atomic mass is 9.81. The predicted molar refractivity (Wildman–Crippen MR) is 73.0 cm³/mol. The number of hydrogen-bond donors (Lipinski definition) is 3. The molecule has 0 spiro atoms. The number of nitrogen functional groups attached to an aromatic ring is 1. The van der Waals surface area contributed by atoms with Gasteiger partial charge in [0.2, 0.25) is 0 Å². The first kappa shape index (κ1) is 14.4. The maximum absolute atomic E-state index is 11.9. The summed E-state index contributed by atoms with van der Waals surface area (Å²) in [5.74, 6) is 5.60. The summed E-state index contributed by atoms with van der Waals surface area (Å²) in [5, 5.41) is 2.90. The quantitative estimate of drug-likeness (QED) is 0.549. The molecule has 4 N–H and O–H groups in total. The molecular weight excluding hydrogens is 228 g/mol. The van der Waals surface area contributed by atoms with Crippen molar-refractivity contribution in [3.8, 4) is 0 Å². The van der Waals surface area contributed by atoms with Crippen LogP contribution >= 0.6 is 0 Å². The first-order chi connectivity index (χ1) is 8.36. The third-order valence-corrected chi connectivity index (χ3v) is 3.43. The topological polar surface area (TPSA) is 80.0 Å². The van der Waals surface area contributed by atoms with Crippen molar-refractivity contribution in [1.29, 1.82) is 0 Å². The number of pyridine rings is 1. The van der Waals surface area contributed by atoms with E-state index in [4.69, 9.17) is 5.84 Å². The number of carbonyl (C=O) groups is 1. The number of rotatable bonds is 5. The van der Waals surface area contributed by atoms with Crippen molar-refractivity contribution < 1.29 is 4.79 Å². The van der Waals surface area contributed by atoms with E-state index >= 15 is 0 Å². The smallest absolute Gasteiger partial charge is 0.269 e. The SMILES string of the molecule is CC(C)C(C)(C)CNC(=O)c1cc(NN)ccn1. The lowest BCUT2D eigenvalue weighted by Gasteiger charge is -2.29. The minimum absolute atomic E-state index is 0.0549. The lowest BCUT2D eigenvalue weighted by Crippen LogP contribution is -2.37. The normalized spacial score (nSPS) is 11.4. The molecule has 0 unspecified atom stereocenters. The second-order valence-electron chi connectivity index (χ2n) is 5.40. The molecule has 100 valence electrons. The Hall–Kier alpha value is -1.62. The molecule has 1 heterocycles. The molecule has 18 heavy (non-hydrogen) atoms. The Morgan fingerprint density at radius 1 is 1.50 bits per heavy atom. The van der Waals surface area contributed by atoms with Gasteiger partial charge >= 0.3 is 0 Å². The van der Waals surface area contributed by atoms with E-state index in [0.717, 1.165) is 0 Å². The monoisotopic (exact) mass is 250 g/mol. The van der Waals surface area contributed by atoms with Crippen LogP contribution in [0, 0.1) is 11.3 Å². The average molecular weight is 250 g/mol. The van der Waals surface area contributed by atoms with Crippen molar-refractivity contribution in [2.75, 3.05) is 12.0 Å². The third kappa shape index (κ3) is 3.70. The zero-order chi connectivity index (χ0) is 13.8. The van der Waals surface area contributed by atoms with Gasteiger partial charge in [0.25, 0.3) is 5.91 Å². The fourth-order valence-corrected chi connectivity index (χ4v) is 1.25. The predicted octanol–water partition coefficient (Wildman–Crippen LogP) is 1.78. The number of nitrogens with one attached hydrogen (secondary N) is 2. The zero-order valence-corrected chi connectivity index (χ0v) is 11.4. The molecular formula is C13H22N4O. The van der Waals surface area contributed by atoms with Gasteiger partial charge in [-0.25, -0.2) is 0 Å². The summed E-state index contributed by atoms with van der Waals surface area (Å²) < 4.78 is 0. The van der Waals surface area contributed by atoms with Gasteiger partial charge < -0.3 is 10.7 Å². The second-order valence-corrected chi connectivity index (χ2v) is 5.40. The number of nitrogens with two attached hydrogens (primary N) is 1. The molecule has 0 saturated carbocycles. The van der Waals surface area contributed by atoms with E-state index in [-0.39, 0.29) is 11.3 Å². The number of carbonyl (C=O) groups excluding carboxylic acids is 1. The fraction of sp³-hybridized carbons (Fsp3) is 0.538. The highest BCUT2D eigenvalue weighted by atomic mass is 16.1. The Balaban J connectivity index is 2.66. The molecule has 1 amide bonds. The molecule has 1 aromatic rings. The molecule has 5 heteroatoms. The molecule has 0 aliphatic rings. The summed E-state index contributed by atoms with van der Waals surface area (Å²) in [4.78, 5) is 16.0. The van der Waals surface area contributed by atoms with Crippen LogP contribution in [0.25, 0.3) is 0 Å². The van der Waals surface area contributed by atoms with Crippen LogP contribution < -0.4 is 16.6 Å². The summed E-state index contributed by atoms with van der Waals surface area (Å²) in [5.41, 5.74) is 3.58. The van der Waals surface area contributed by atoms with Gasteiger partial charge in [-0.3, -0.25) is 15.6 Å².